The number of ether oxygens (including phenoxy) is 1. The highest BCUT2D eigenvalue weighted by Gasteiger charge is 2.25. The van der Waals surface area contributed by atoms with E-state index >= 15 is 0 Å². The van der Waals surface area contributed by atoms with E-state index in [1.165, 1.54) is 0 Å². The molecule has 1 fully saturated rings. The van der Waals surface area contributed by atoms with Gasteiger partial charge in [-0.25, -0.2) is 0 Å². The number of amides is 1. The molecule has 1 heterocycles. The van der Waals surface area contributed by atoms with E-state index in [4.69, 9.17) is 4.74 Å². The highest BCUT2D eigenvalue weighted by atomic mass is 16.6. The molecule has 0 spiro atoms. The van der Waals surface area contributed by atoms with Crippen LogP contribution in [0.1, 0.15) is 29.6 Å². The number of carbonyl (C=O) groups is 1. The van der Waals surface area contributed by atoms with Crippen molar-refractivity contribution in [1.29, 1.82) is 0 Å². The van der Waals surface area contributed by atoms with Crippen LogP contribution in [0.5, 0.6) is 0 Å². The lowest BCUT2D eigenvalue weighted by Crippen LogP contribution is -2.41. The third kappa shape index (κ3) is 2.40. The summed E-state index contributed by atoms with van der Waals surface area (Å²) in [5.41, 5.74) is 0.471. The van der Waals surface area contributed by atoms with Crippen LogP contribution in [0.25, 0.3) is 0 Å². The van der Waals surface area contributed by atoms with E-state index in [1.807, 2.05) is 6.07 Å². The van der Waals surface area contributed by atoms with Crippen LogP contribution in [-0.2, 0) is 4.74 Å². The van der Waals surface area contributed by atoms with Crippen LogP contribution in [0.15, 0.2) is 30.3 Å². The molecular formula is C12H15NO3. The first-order chi connectivity index (χ1) is 7.79. The molecule has 0 saturated carbocycles. The lowest BCUT2D eigenvalue weighted by Gasteiger charge is -2.29. The summed E-state index contributed by atoms with van der Waals surface area (Å²) < 4.78 is 5.34. The van der Waals surface area contributed by atoms with Gasteiger partial charge in [0.2, 0.25) is 0 Å². The van der Waals surface area contributed by atoms with Crippen LogP contribution in [0.4, 0.5) is 0 Å². The molecule has 1 N–H and O–H groups in total. The quantitative estimate of drug-likeness (QED) is 0.614. The molecule has 0 aromatic heterocycles. The van der Waals surface area contributed by atoms with Gasteiger partial charge in [0.25, 0.3) is 5.91 Å². The zero-order valence-electron chi connectivity index (χ0n) is 9.00. The molecule has 4 heteroatoms. The molecule has 1 atom stereocenters. The molecule has 0 bridgehead atoms. The summed E-state index contributed by atoms with van der Waals surface area (Å²) >= 11 is 0. The van der Waals surface area contributed by atoms with E-state index in [9.17, 15) is 10.0 Å². The van der Waals surface area contributed by atoms with Crippen LogP contribution in [0.3, 0.4) is 0 Å². The smallest absolute Gasteiger partial charge is 0.279 e. The van der Waals surface area contributed by atoms with Crippen LogP contribution in [0, 0.1) is 0 Å². The van der Waals surface area contributed by atoms with Gasteiger partial charge in [-0.15, -0.1) is 0 Å². The zero-order valence-corrected chi connectivity index (χ0v) is 9.00. The van der Waals surface area contributed by atoms with Gasteiger partial charge in [0.1, 0.15) is 0 Å². The zero-order chi connectivity index (χ0) is 11.4. The van der Waals surface area contributed by atoms with E-state index in [2.05, 4.69) is 0 Å². The van der Waals surface area contributed by atoms with Crippen LogP contribution >= 0.6 is 0 Å². The summed E-state index contributed by atoms with van der Waals surface area (Å²) in [5.74, 6) is -0.410. The molecule has 2 rings (SSSR count). The average Bonchev–Trinajstić information content (AvgIpc) is 2.39. The van der Waals surface area contributed by atoms with Crippen molar-refractivity contribution in [1.82, 2.24) is 5.06 Å². The molecule has 1 unspecified atom stereocenters. The first-order valence-electron chi connectivity index (χ1n) is 5.48. The Labute approximate surface area is 94.4 Å². The van der Waals surface area contributed by atoms with Crippen molar-refractivity contribution >= 4 is 5.91 Å². The minimum atomic E-state index is -0.499. The summed E-state index contributed by atoms with van der Waals surface area (Å²) in [6.45, 7) is 0.601. The second-order valence-electron chi connectivity index (χ2n) is 3.84. The van der Waals surface area contributed by atoms with Crippen molar-refractivity contribution in [3.8, 4) is 0 Å². The van der Waals surface area contributed by atoms with E-state index in [-0.39, 0.29) is 0 Å². The first-order valence-corrected chi connectivity index (χ1v) is 5.48. The van der Waals surface area contributed by atoms with E-state index < -0.39 is 12.1 Å². The van der Waals surface area contributed by atoms with Crippen molar-refractivity contribution in [3.63, 3.8) is 0 Å². The van der Waals surface area contributed by atoms with Crippen molar-refractivity contribution < 1.29 is 14.7 Å². The minimum Gasteiger partial charge on any atom is -0.356 e. The predicted octanol–water partition coefficient (Wildman–Crippen LogP) is 2.04. The number of rotatable bonds is 2. The first kappa shape index (κ1) is 11.1. The third-order valence-corrected chi connectivity index (χ3v) is 2.66. The van der Waals surface area contributed by atoms with Gasteiger partial charge in [-0.1, -0.05) is 18.2 Å². The molecule has 1 saturated heterocycles. The molecule has 86 valence electrons. The number of hydroxylamine groups is 2. The van der Waals surface area contributed by atoms with Gasteiger partial charge in [-0.05, 0) is 31.4 Å². The maximum Gasteiger partial charge on any atom is 0.279 e. The van der Waals surface area contributed by atoms with Crippen molar-refractivity contribution in [2.24, 2.45) is 0 Å². The molecule has 1 aromatic carbocycles. The molecule has 1 amide bonds. The largest absolute Gasteiger partial charge is 0.356 e. The van der Waals surface area contributed by atoms with Gasteiger partial charge in [0.15, 0.2) is 6.23 Å². The number of benzene rings is 1. The molecule has 1 aliphatic heterocycles. The SMILES string of the molecule is O=C(c1ccccc1)N(O)C1CCCCO1. The van der Waals surface area contributed by atoms with Gasteiger partial charge in [-0.2, -0.15) is 5.06 Å². The summed E-state index contributed by atoms with van der Waals surface area (Å²) in [4.78, 5) is 11.8. The van der Waals surface area contributed by atoms with Crippen molar-refractivity contribution in [3.05, 3.63) is 35.9 Å². The molecule has 0 radical (unpaired) electrons. The Morgan fingerprint density at radius 3 is 2.69 bits per heavy atom. The van der Waals surface area contributed by atoms with Gasteiger partial charge in [-0.3, -0.25) is 10.0 Å². The second kappa shape index (κ2) is 5.09. The Balaban J connectivity index is 2.04. The lowest BCUT2D eigenvalue weighted by atomic mass is 10.1. The van der Waals surface area contributed by atoms with E-state index in [0.29, 0.717) is 23.7 Å². The Hall–Kier alpha value is -1.39. The fourth-order valence-corrected chi connectivity index (χ4v) is 1.76. The van der Waals surface area contributed by atoms with Crippen LogP contribution in [0.2, 0.25) is 0 Å². The molecule has 4 nitrogen and oxygen atoms in total. The Morgan fingerprint density at radius 2 is 2.06 bits per heavy atom. The summed E-state index contributed by atoms with van der Waals surface area (Å²) in [7, 11) is 0. The fourth-order valence-electron chi connectivity index (χ4n) is 1.76. The van der Waals surface area contributed by atoms with E-state index in [0.717, 1.165) is 12.8 Å². The molecule has 1 aromatic rings. The normalized spacial score (nSPS) is 20.4. The van der Waals surface area contributed by atoms with Gasteiger partial charge in [0, 0.05) is 12.2 Å². The van der Waals surface area contributed by atoms with Crippen LogP contribution < -0.4 is 0 Å². The maximum atomic E-state index is 11.8. The monoisotopic (exact) mass is 221 g/mol. The Morgan fingerprint density at radius 1 is 1.31 bits per heavy atom. The summed E-state index contributed by atoms with van der Waals surface area (Å²) in [6, 6.07) is 8.71. The van der Waals surface area contributed by atoms with Crippen LogP contribution in [-0.4, -0.2) is 29.0 Å². The maximum absolute atomic E-state index is 11.8. The number of nitrogens with zero attached hydrogens (tertiary/aromatic N) is 1. The topological polar surface area (TPSA) is 49.8 Å². The van der Waals surface area contributed by atoms with E-state index in [1.54, 1.807) is 24.3 Å². The Bertz CT molecular complexity index is 347. The fraction of sp³-hybridized carbons (Fsp3) is 0.417. The molecule has 0 aliphatic carbocycles. The molecule has 16 heavy (non-hydrogen) atoms. The molecule has 1 aliphatic rings. The van der Waals surface area contributed by atoms with Gasteiger partial charge < -0.3 is 4.74 Å². The second-order valence-corrected chi connectivity index (χ2v) is 3.84. The standard InChI is InChI=1S/C12H15NO3/c14-12(10-6-2-1-3-7-10)13(15)11-8-4-5-9-16-11/h1-3,6-7,11,15H,4-5,8-9H2. The molecular weight excluding hydrogens is 206 g/mol. The van der Waals surface area contributed by atoms with Crippen molar-refractivity contribution in [2.45, 2.75) is 25.5 Å². The summed E-state index contributed by atoms with van der Waals surface area (Å²) in [6.07, 6.45) is 2.16. The highest BCUT2D eigenvalue weighted by molar-refractivity contribution is 5.93. The summed E-state index contributed by atoms with van der Waals surface area (Å²) in [5, 5.41) is 10.5. The third-order valence-electron chi connectivity index (χ3n) is 2.66. The van der Waals surface area contributed by atoms with Crippen molar-refractivity contribution in [2.75, 3.05) is 6.61 Å². The number of hydrogen-bond acceptors (Lipinski definition) is 3. The predicted molar refractivity (Wildman–Crippen MR) is 58.0 cm³/mol. The number of hydrogen-bond donors (Lipinski definition) is 1. The van der Waals surface area contributed by atoms with Gasteiger partial charge in [0.05, 0.1) is 0 Å². The lowest BCUT2D eigenvalue weighted by molar-refractivity contribution is -0.193. The highest BCUT2D eigenvalue weighted by Crippen LogP contribution is 2.17. The average molecular weight is 221 g/mol. The minimum absolute atomic E-state index is 0.410. The van der Waals surface area contributed by atoms with Gasteiger partial charge >= 0.3 is 0 Å². The Kier molecular flexibility index (Phi) is 3.54. The number of carbonyl (C=O) groups excluding carboxylic acids is 1.